The van der Waals surface area contributed by atoms with Gasteiger partial charge in [-0.25, -0.2) is 4.79 Å². The Morgan fingerprint density at radius 2 is 1.90 bits per heavy atom. The maximum Gasteiger partial charge on any atom is 0.325 e. The maximum atomic E-state index is 11.6. The van der Waals surface area contributed by atoms with Crippen molar-refractivity contribution in [2.24, 2.45) is 13.0 Å². The predicted octanol–water partition coefficient (Wildman–Crippen LogP) is 3.11. The van der Waals surface area contributed by atoms with Crippen molar-refractivity contribution in [3.05, 3.63) is 40.4 Å². The van der Waals surface area contributed by atoms with E-state index < -0.39 is 0 Å². The van der Waals surface area contributed by atoms with E-state index in [9.17, 15) is 4.79 Å². The Kier molecular flexibility index (Phi) is 4.32. The third kappa shape index (κ3) is 3.13. The lowest BCUT2D eigenvalue weighted by Gasteiger charge is -2.09. The van der Waals surface area contributed by atoms with Crippen LogP contribution in [0.4, 0.5) is 0 Å². The van der Waals surface area contributed by atoms with E-state index >= 15 is 0 Å². The lowest BCUT2D eigenvalue weighted by Crippen LogP contribution is -2.13. The van der Waals surface area contributed by atoms with Crippen LogP contribution in [0.5, 0.6) is 5.75 Å². The molecule has 20 heavy (non-hydrogen) atoms. The molecule has 0 bridgehead atoms. The second kappa shape index (κ2) is 5.99. The van der Waals surface area contributed by atoms with Gasteiger partial charge in [-0.2, -0.15) is 0 Å². The fourth-order valence-electron chi connectivity index (χ4n) is 2.19. The molecule has 0 saturated heterocycles. The van der Waals surface area contributed by atoms with Crippen LogP contribution in [0.3, 0.4) is 0 Å². The SMILES string of the molecule is Cc1[nH]c(=O)n(C)c1-c1ccc(OCCC(C)C)cc1. The first-order valence-electron chi connectivity index (χ1n) is 6.98. The summed E-state index contributed by atoms with van der Waals surface area (Å²) in [5.41, 5.74) is 2.73. The van der Waals surface area contributed by atoms with Gasteiger partial charge in [0.15, 0.2) is 0 Å². The van der Waals surface area contributed by atoms with Crippen molar-refractivity contribution >= 4 is 0 Å². The molecule has 0 aliphatic carbocycles. The van der Waals surface area contributed by atoms with Gasteiger partial charge in [0.05, 0.1) is 12.3 Å². The largest absolute Gasteiger partial charge is 0.494 e. The normalized spacial score (nSPS) is 11.1. The van der Waals surface area contributed by atoms with E-state index in [-0.39, 0.29) is 5.69 Å². The molecule has 1 N–H and O–H groups in total. The third-order valence-corrected chi connectivity index (χ3v) is 3.38. The van der Waals surface area contributed by atoms with Gasteiger partial charge < -0.3 is 9.72 Å². The lowest BCUT2D eigenvalue weighted by atomic mass is 10.1. The van der Waals surface area contributed by atoms with Crippen LogP contribution in [0, 0.1) is 12.8 Å². The van der Waals surface area contributed by atoms with E-state index in [0.717, 1.165) is 35.7 Å². The second-order valence-electron chi connectivity index (χ2n) is 5.52. The zero-order valence-electron chi connectivity index (χ0n) is 12.6. The Morgan fingerprint density at radius 1 is 1.25 bits per heavy atom. The summed E-state index contributed by atoms with van der Waals surface area (Å²) in [4.78, 5) is 14.4. The molecule has 1 heterocycles. The van der Waals surface area contributed by atoms with Gasteiger partial charge >= 0.3 is 5.69 Å². The third-order valence-electron chi connectivity index (χ3n) is 3.38. The average Bonchev–Trinajstić information content (AvgIpc) is 2.64. The summed E-state index contributed by atoms with van der Waals surface area (Å²) in [5.74, 6) is 1.51. The number of benzene rings is 1. The first kappa shape index (κ1) is 14.4. The second-order valence-corrected chi connectivity index (χ2v) is 5.52. The number of imidazole rings is 1. The van der Waals surface area contributed by atoms with Gasteiger partial charge in [0.1, 0.15) is 5.75 Å². The quantitative estimate of drug-likeness (QED) is 0.910. The highest BCUT2D eigenvalue weighted by molar-refractivity contribution is 5.63. The van der Waals surface area contributed by atoms with Crippen LogP contribution in [0.25, 0.3) is 11.3 Å². The molecule has 0 atom stereocenters. The molecule has 1 aromatic carbocycles. The van der Waals surface area contributed by atoms with E-state index in [0.29, 0.717) is 5.92 Å². The van der Waals surface area contributed by atoms with Crippen LogP contribution >= 0.6 is 0 Å². The molecule has 1 aromatic heterocycles. The molecule has 0 radical (unpaired) electrons. The molecule has 0 amide bonds. The Hall–Kier alpha value is -1.97. The zero-order valence-corrected chi connectivity index (χ0v) is 12.6. The average molecular weight is 274 g/mol. The monoisotopic (exact) mass is 274 g/mol. The molecule has 0 unspecified atom stereocenters. The molecule has 0 saturated carbocycles. The number of aryl methyl sites for hydroxylation is 1. The molecule has 2 aromatic rings. The smallest absolute Gasteiger partial charge is 0.325 e. The van der Waals surface area contributed by atoms with E-state index in [4.69, 9.17) is 4.74 Å². The molecule has 4 heteroatoms. The highest BCUT2D eigenvalue weighted by Crippen LogP contribution is 2.23. The fraction of sp³-hybridized carbons (Fsp3) is 0.438. The van der Waals surface area contributed by atoms with E-state index in [1.54, 1.807) is 11.6 Å². The number of aromatic nitrogens is 2. The summed E-state index contributed by atoms with van der Waals surface area (Å²) in [7, 11) is 1.77. The fourth-order valence-corrected chi connectivity index (χ4v) is 2.19. The van der Waals surface area contributed by atoms with Gasteiger partial charge in [-0.1, -0.05) is 13.8 Å². The van der Waals surface area contributed by atoms with Crippen LogP contribution in [0.15, 0.2) is 29.1 Å². The van der Waals surface area contributed by atoms with Crippen LogP contribution < -0.4 is 10.4 Å². The summed E-state index contributed by atoms with van der Waals surface area (Å²) in [5, 5.41) is 0. The number of rotatable bonds is 5. The first-order valence-corrected chi connectivity index (χ1v) is 6.98. The van der Waals surface area contributed by atoms with Crippen molar-refractivity contribution in [1.82, 2.24) is 9.55 Å². The van der Waals surface area contributed by atoms with Gasteiger partial charge in [0.25, 0.3) is 0 Å². The number of hydrogen-bond acceptors (Lipinski definition) is 2. The first-order chi connectivity index (χ1) is 9.49. The zero-order chi connectivity index (χ0) is 14.7. The number of aromatic amines is 1. The van der Waals surface area contributed by atoms with Gasteiger partial charge in [0, 0.05) is 18.3 Å². The minimum Gasteiger partial charge on any atom is -0.494 e. The molecule has 0 fully saturated rings. The van der Waals surface area contributed by atoms with Crippen LogP contribution in [0.2, 0.25) is 0 Å². The van der Waals surface area contributed by atoms with Gasteiger partial charge in [-0.15, -0.1) is 0 Å². The minimum absolute atomic E-state index is 0.0882. The molecule has 4 nitrogen and oxygen atoms in total. The Balaban J connectivity index is 2.14. The number of ether oxygens (including phenoxy) is 1. The molecular formula is C16H22N2O2. The summed E-state index contributed by atoms with van der Waals surface area (Å²) in [6.45, 7) is 7.01. The topological polar surface area (TPSA) is 47.0 Å². The predicted molar refractivity (Wildman–Crippen MR) is 81.2 cm³/mol. The summed E-state index contributed by atoms with van der Waals surface area (Å²) >= 11 is 0. The van der Waals surface area contributed by atoms with Crippen molar-refractivity contribution in [3.8, 4) is 17.0 Å². The summed E-state index contributed by atoms with van der Waals surface area (Å²) < 4.78 is 7.33. The number of nitrogens with one attached hydrogen (secondary N) is 1. The number of H-pyrrole nitrogens is 1. The van der Waals surface area contributed by atoms with Crippen LogP contribution in [-0.4, -0.2) is 16.2 Å². The molecule has 0 aliphatic heterocycles. The van der Waals surface area contributed by atoms with Crippen LogP contribution in [0.1, 0.15) is 26.0 Å². The highest BCUT2D eigenvalue weighted by atomic mass is 16.5. The molecule has 0 aliphatic rings. The van der Waals surface area contributed by atoms with Gasteiger partial charge in [0.2, 0.25) is 0 Å². The summed E-state index contributed by atoms with van der Waals surface area (Å²) in [6.07, 6.45) is 1.05. The number of nitrogens with zero attached hydrogens (tertiary/aromatic N) is 1. The minimum atomic E-state index is -0.0882. The molecule has 108 valence electrons. The van der Waals surface area contributed by atoms with Crippen molar-refractivity contribution in [2.75, 3.05) is 6.61 Å². The Labute approximate surface area is 119 Å². The standard InChI is InChI=1S/C16H22N2O2/c1-11(2)9-10-20-14-7-5-13(6-8-14)15-12(3)17-16(19)18(15)4/h5-8,11H,9-10H2,1-4H3,(H,17,19). The highest BCUT2D eigenvalue weighted by Gasteiger charge is 2.09. The van der Waals surface area contributed by atoms with Crippen molar-refractivity contribution in [1.29, 1.82) is 0 Å². The Bertz CT molecular complexity index is 621. The maximum absolute atomic E-state index is 11.6. The van der Waals surface area contributed by atoms with Gasteiger partial charge in [-0.05, 0) is 43.5 Å². The van der Waals surface area contributed by atoms with Crippen LogP contribution in [-0.2, 0) is 7.05 Å². The van der Waals surface area contributed by atoms with E-state index in [2.05, 4.69) is 18.8 Å². The molecule has 2 rings (SSSR count). The van der Waals surface area contributed by atoms with E-state index in [1.807, 2.05) is 31.2 Å². The van der Waals surface area contributed by atoms with Crippen molar-refractivity contribution in [2.45, 2.75) is 27.2 Å². The lowest BCUT2D eigenvalue weighted by molar-refractivity contribution is 0.289. The van der Waals surface area contributed by atoms with E-state index in [1.165, 1.54) is 0 Å². The Morgan fingerprint density at radius 3 is 2.40 bits per heavy atom. The van der Waals surface area contributed by atoms with Crippen molar-refractivity contribution < 1.29 is 4.74 Å². The summed E-state index contributed by atoms with van der Waals surface area (Å²) in [6, 6.07) is 7.87. The van der Waals surface area contributed by atoms with Gasteiger partial charge in [-0.3, -0.25) is 4.57 Å². The molecule has 0 spiro atoms. The van der Waals surface area contributed by atoms with Crippen molar-refractivity contribution in [3.63, 3.8) is 0 Å². The number of hydrogen-bond donors (Lipinski definition) is 1. The molecular weight excluding hydrogens is 252 g/mol.